The number of hydrogen-bond acceptors (Lipinski definition) is 6. The lowest BCUT2D eigenvalue weighted by atomic mass is 10.0. The summed E-state index contributed by atoms with van der Waals surface area (Å²) in [6, 6.07) is 15.6. The molecular formula is C22H24N4O3S. The molecule has 0 bridgehead atoms. The van der Waals surface area contributed by atoms with E-state index in [0.29, 0.717) is 10.9 Å². The molecule has 1 amide bonds. The Kier molecular flexibility index (Phi) is 6.23. The Labute approximate surface area is 180 Å². The van der Waals surface area contributed by atoms with Crippen LogP contribution in [0.5, 0.6) is 11.5 Å². The van der Waals surface area contributed by atoms with Crippen LogP contribution in [0.2, 0.25) is 0 Å². The van der Waals surface area contributed by atoms with Crippen LogP contribution in [0.15, 0.2) is 60.0 Å². The first-order valence-corrected chi connectivity index (χ1v) is 10.8. The standard InChI is InChI=1S/C22H24N4O3S/c1-28-17-10-11-20(29-2)18(13-17)19-9-6-12-25(19)21(27)14-30-22-24-23-15-26(22)16-7-4-3-5-8-16/h3-5,7-8,10-11,13,15,19H,6,9,12,14H2,1-2H3/t19-/m1/s1. The molecule has 1 aromatic heterocycles. The Morgan fingerprint density at radius 3 is 2.77 bits per heavy atom. The van der Waals surface area contributed by atoms with Gasteiger partial charge >= 0.3 is 0 Å². The van der Waals surface area contributed by atoms with Crippen molar-refractivity contribution in [2.45, 2.75) is 24.0 Å². The summed E-state index contributed by atoms with van der Waals surface area (Å²) < 4.78 is 12.8. The van der Waals surface area contributed by atoms with Crippen molar-refractivity contribution in [3.8, 4) is 17.2 Å². The Hall–Kier alpha value is -3.00. The predicted octanol–water partition coefficient (Wildman–Crippen LogP) is 3.74. The number of rotatable bonds is 7. The van der Waals surface area contributed by atoms with E-state index < -0.39 is 0 Å². The van der Waals surface area contributed by atoms with E-state index in [4.69, 9.17) is 9.47 Å². The molecule has 7 nitrogen and oxygen atoms in total. The van der Waals surface area contributed by atoms with E-state index >= 15 is 0 Å². The molecule has 0 N–H and O–H groups in total. The fourth-order valence-corrected chi connectivity index (χ4v) is 4.60. The summed E-state index contributed by atoms with van der Waals surface area (Å²) in [4.78, 5) is 15.0. The lowest BCUT2D eigenvalue weighted by Gasteiger charge is -2.26. The molecule has 0 spiro atoms. The van der Waals surface area contributed by atoms with E-state index in [0.717, 1.165) is 42.1 Å². The SMILES string of the molecule is COc1ccc(OC)c([C@H]2CCCN2C(=O)CSc2nncn2-c2ccccc2)c1. The second kappa shape index (κ2) is 9.21. The number of carbonyl (C=O) groups excluding carboxylic acids is 1. The van der Waals surface area contributed by atoms with Crippen LogP contribution in [0.3, 0.4) is 0 Å². The number of para-hydroxylation sites is 1. The summed E-state index contributed by atoms with van der Waals surface area (Å²) >= 11 is 1.40. The summed E-state index contributed by atoms with van der Waals surface area (Å²) in [7, 11) is 3.29. The molecule has 0 unspecified atom stereocenters. The minimum absolute atomic E-state index is 0.0184. The number of carbonyl (C=O) groups is 1. The number of amides is 1. The van der Waals surface area contributed by atoms with Gasteiger partial charge in [0.15, 0.2) is 5.16 Å². The quantitative estimate of drug-likeness (QED) is 0.538. The summed E-state index contributed by atoms with van der Waals surface area (Å²) in [6.07, 6.45) is 3.53. The van der Waals surface area contributed by atoms with Crippen LogP contribution < -0.4 is 9.47 Å². The van der Waals surface area contributed by atoms with Gasteiger partial charge in [0.25, 0.3) is 0 Å². The Balaban J connectivity index is 1.49. The smallest absolute Gasteiger partial charge is 0.233 e. The number of aromatic nitrogens is 3. The first-order chi connectivity index (χ1) is 14.7. The van der Waals surface area contributed by atoms with Crippen LogP contribution in [0.4, 0.5) is 0 Å². The maximum absolute atomic E-state index is 13.1. The molecule has 156 valence electrons. The van der Waals surface area contributed by atoms with Gasteiger partial charge in [-0.3, -0.25) is 9.36 Å². The fourth-order valence-electron chi connectivity index (χ4n) is 3.79. The third-order valence-corrected chi connectivity index (χ3v) is 6.17. The van der Waals surface area contributed by atoms with Crippen LogP contribution >= 0.6 is 11.8 Å². The van der Waals surface area contributed by atoms with Crippen molar-refractivity contribution in [3.63, 3.8) is 0 Å². The molecule has 1 aliphatic heterocycles. The van der Waals surface area contributed by atoms with Crippen LogP contribution in [-0.2, 0) is 4.79 Å². The zero-order valence-electron chi connectivity index (χ0n) is 17.0. The zero-order chi connectivity index (χ0) is 20.9. The molecule has 0 saturated carbocycles. The lowest BCUT2D eigenvalue weighted by molar-refractivity contribution is -0.129. The maximum Gasteiger partial charge on any atom is 0.233 e. The van der Waals surface area contributed by atoms with Gasteiger partial charge in [0.1, 0.15) is 17.8 Å². The van der Waals surface area contributed by atoms with Gasteiger partial charge in [0, 0.05) is 17.8 Å². The molecule has 1 aliphatic rings. The van der Waals surface area contributed by atoms with E-state index in [9.17, 15) is 4.79 Å². The average Bonchev–Trinajstić information content (AvgIpc) is 3.47. The minimum atomic E-state index is -0.0184. The number of benzene rings is 2. The van der Waals surface area contributed by atoms with E-state index in [1.807, 2.05) is 58.0 Å². The first-order valence-electron chi connectivity index (χ1n) is 9.81. The summed E-state index contributed by atoms with van der Waals surface area (Å²) in [5.41, 5.74) is 1.96. The molecule has 30 heavy (non-hydrogen) atoms. The molecule has 0 aliphatic carbocycles. The predicted molar refractivity (Wildman–Crippen MR) is 115 cm³/mol. The van der Waals surface area contributed by atoms with Gasteiger partial charge in [0.2, 0.25) is 5.91 Å². The van der Waals surface area contributed by atoms with E-state index in [1.54, 1.807) is 20.5 Å². The van der Waals surface area contributed by atoms with Crippen molar-refractivity contribution in [1.29, 1.82) is 0 Å². The molecule has 4 rings (SSSR count). The molecule has 1 saturated heterocycles. The van der Waals surface area contributed by atoms with Crippen LogP contribution in [-0.4, -0.2) is 52.1 Å². The molecule has 1 fully saturated rings. The Morgan fingerprint density at radius 1 is 1.17 bits per heavy atom. The van der Waals surface area contributed by atoms with E-state index in [2.05, 4.69) is 10.2 Å². The number of likely N-dealkylation sites (tertiary alicyclic amines) is 1. The van der Waals surface area contributed by atoms with Gasteiger partial charge in [-0.1, -0.05) is 30.0 Å². The number of methoxy groups -OCH3 is 2. The van der Waals surface area contributed by atoms with Crippen molar-refractivity contribution < 1.29 is 14.3 Å². The number of hydrogen-bond donors (Lipinski definition) is 0. The lowest BCUT2D eigenvalue weighted by Crippen LogP contribution is -2.32. The highest BCUT2D eigenvalue weighted by Crippen LogP contribution is 2.39. The second-order valence-electron chi connectivity index (χ2n) is 6.96. The van der Waals surface area contributed by atoms with Crippen molar-refractivity contribution in [1.82, 2.24) is 19.7 Å². The first kappa shape index (κ1) is 20.3. The minimum Gasteiger partial charge on any atom is -0.497 e. The van der Waals surface area contributed by atoms with E-state index in [1.165, 1.54) is 11.8 Å². The summed E-state index contributed by atoms with van der Waals surface area (Å²) in [5.74, 6) is 1.91. The fraction of sp³-hybridized carbons (Fsp3) is 0.318. The molecule has 2 aromatic carbocycles. The molecular weight excluding hydrogens is 400 g/mol. The topological polar surface area (TPSA) is 69.5 Å². The van der Waals surface area contributed by atoms with Crippen LogP contribution in [0.25, 0.3) is 5.69 Å². The Bertz CT molecular complexity index is 1010. The van der Waals surface area contributed by atoms with Crippen LogP contribution in [0, 0.1) is 0 Å². The Morgan fingerprint density at radius 2 is 2.00 bits per heavy atom. The van der Waals surface area contributed by atoms with Crippen molar-refractivity contribution in [2.24, 2.45) is 0 Å². The van der Waals surface area contributed by atoms with Crippen molar-refractivity contribution >= 4 is 17.7 Å². The van der Waals surface area contributed by atoms with Gasteiger partial charge in [-0.25, -0.2) is 0 Å². The normalized spacial score (nSPS) is 15.9. The molecule has 1 atom stereocenters. The van der Waals surface area contributed by atoms with Gasteiger partial charge in [-0.05, 0) is 43.2 Å². The number of nitrogens with zero attached hydrogens (tertiary/aromatic N) is 4. The van der Waals surface area contributed by atoms with Gasteiger partial charge in [-0.2, -0.15) is 0 Å². The van der Waals surface area contributed by atoms with Crippen LogP contribution in [0.1, 0.15) is 24.4 Å². The van der Waals surface area contributed by atoms with Gasteiger partial charge < -0.3 is 14.4 Å². The van der Waals surface area contributed by atoms with Crippen molar-refractivity contribution in [3.05, 3.63) is 60.4 Å². The van der Waals surface area contributed by atoms with Crippen molar-refractivity contribution in [2.75, 3.05) is 26.5 Å². The number of ether oxygens (including phenoxy) is 2. The molecule has 0 radical (unpaired) electrons. The average molecular weight is 425 g/mol. The summed E-state index contributed by atoms with van der Waals surface area (Å²) in [6.45, 7) is 0.732. The summed E-state index contributed by atoms with van der Waals surface area (Å²) in [5, 5.41) is 8.90. The number of thioether (sulfide) groups is 1. The third-order valence-electron chi connectivity index (χ3n) is 5.24. The molecule has 8 heteroatoms. The highest BCUT2D eigenvalue weighted by atomic mass is 32.2. The maximum atomic E-state index is 13.1. The monoisotopic (exact) mass is 424 g/mol. The highest BCUT2D eigenvalue weighted by Gasteiger charge is 2.32. The molecule has 2 heterocycles. The largest absolute Gasteiger partial charge is 0.497 e. The zero-order valence-corrected chi connectivity index (χ0v) is 17.8. The second-order valence-corrected chi connectivity index (χ2v) is 7.90. The third kappa shape index (κ3) is 4.14. The molecule has 3 aromatic rings. The highest BCUT2D eigenvalue weighted by molar-refractivity contribution is 7.99. The van der Waals surface area contributed by atoms with E-state index in [-0.39, 0.29) is 11.9 Å². The van der Waals surface area contributed by atoms with Gasteiger partial charge in [0.05, 0.1) is 26.0 Å². The van der Waals surface area contributed by atoms with Gasteiger partial charge in [-0.15, -0.1) is 10.2 Å².